The molecule has 2 N–H and O–H groups in total. The minimum atomic E-state index is -1.07. The Kier molecular flexibility index (Phi) is 6.10. The monoisotopic (exact) mass is 260 g/mol. The number of unbranched alkanes of at least 4 members (excludes halogenated alkanes) is 1. The fourth-order valence-corrected chi connectivity index (χ4v) is 1.67. The van der Waals surface area contributed by atoms with Gasteiger partial charge in [-0.25, -0.2) is 4.79 Å². The third-order valence-electron chi connectivity index (χ3n) is 2.62. The Morgan fingerprint density at radius 2 is 2.00 bits per heavy atom. The van der Waals surface area contributed by atoms with Crippen molar-refractivity contribution in [2.45, 2.75) is 31.7 Å². The van der Waals surface area contributed by atoms with Crippen LogP contribution < -0.4 is 5.32 Å². The first-order valence-electron chi connectivity index (χ1n) is 6.06. The molecule has 0 bridgehead atoms. The van der Waals surface area contributed by atoms with E-state index in [-0.39, 0.29) is 18.7 Å². The Labute approximate surface area is 111 Å². The van der Waals surface area contributed by atoms with Crippen LogP contribution in [-0.2, 0) is 16.0 Å². The van der Waals surface area contributed by atoms with Gasteiger partial charge in [-0.3, -0.25) is 4.79 Å². The maximum absolute atomic E-state index is 11.7. The molecular weight excluding hydrogens is 244 g/mol. The van der Waals surface area contributed by atoms with E-state index in [1.54, 1.807) is 0 Å². The molecule has 1 rings (SSSR count). The van der Waals surface area contributed by atoms with Crippen LogP contribution in [0.1, 0.15) is 24.8 Å². The smallest absolute Gasteiger partial charge is 0.326 e. The molecule has 100 valence electrons. The number of aliphatic carboxylic acids is 1. The van der Waals surface area contributed by atoms with Crippen LogP contribution in [0.25, 0.3) is 0 Å². The molecule has 0 heterocycles. The van der Waals surface area contributed by atoms with Crippen LogP contribution in [0.15, 0.2) is 30.3 Å². The van der Waals surface area contributed by atoms with E-state index >= 15 is 0 Å². The summed E-state index contributed by atoms with van der Waals surface area (Å²) in [6, 6.07) is 10.1. The highest BCUT2D eigenvalue weighted by molar-refractivity contribution is 5.84. The quantitative estimate of drug-likeness (QED) is 0.727. The first-order valence-corrected chi connectivity index (χ1v) is 6.06. The van der Waals surface area contributed by atoms with E-state index in [4.69, 9.17) is 10.4 Å². The number of carboxylic acids is 1. The minimum absolute atomic E-state index is 0.156. The zero-order valence-electron chi connectivity index (χ0n) is 10.5. The van der Waals surface area contributed by atoms with Crippen molar-refractivity contribution in [2.24, 2.45) is 0 Å². The predicted octanol–water partition coefficient (Wildman–Crippen LogP) is 1.49. The van der Waals surface area contributed by atoms with Gasteiger partial charge in [-0.1, -0.05) is 30.3 Å². The van der Waals surface area contributed by atoms with E-state index in [2.05, 4.69) is 5.32 Å². The van der Waals surface area contributed by atoms with Crippen molar-refractivity contribution < 1.29 is 14.7 Å². The van der Waals surface area contributed by atoms with Crippen molar-refractivity contribution >= 4 is 11.9 Å². The summed E-state index contributed by atoms with van der Waals surface area (Å²) in [4.78, 5) is 22.7. The number of nitrogens with one attached hydrogen (secondary N) is 1. The van der Waals surface area contributed by atoms with Crippen molar-refractivity contribution in [3.63, 3.8) is 0 Å². The summed E-state index contributed by atoms with van der Waals surface area (Å²) in [6.45, 7) is 0. The SMILES string of the molecule is N#CCCC[C@@H](NC(=O)Cc1ccccc1)C(=O)O. The molecule has 0 aromatic heterocycles. The number of hydrogen-bond donors (Lipinski definition) is 2. The predicted molar refractivity (Wildman–Crippen MR) is 69.2 cm³/mol. The normalized spacial score (nSPS) is 11.3. The van der Waals surface area contributed by atoms with Crippen LogP contribution in [-0.4, -0.2) is 23.0 Å². The first-order chi connectivity index (χ1) is 9.13. The maximum Gasteiger partial charge on any atom is 0.326 e. The second-order valence-corrected chi connectivity index (χ2v) is 4.17. The number of hydrogen-bond acceptors (Lipinski definition) is 3. The summed E-state index contributed by atoms with van der Waals surface area (Å²) in [5.41, 5.74) is 0.834. The molecule has 0 aliphatic heterocycles. The highest BCUT2D eigenvalue weighted by Gasteiger charge is 2.19. The molecule has 0 aliphatic rings. The van der Waals surface area contributed by atoms with E-state index in [0.717, 1.165) is 5.56 Å². The molecule has 0 fully saturated rings. The van der Waals surface area contributed by atoms with Gasteiger partial charge in [0.15, 0.2) is 0 Å². The van der Waals surface area contributed by atoms with Crippen molar-refractivity contribution in [1.82, 2.24) is 5.32 Å². The molecule has 5 heteroatoms. The maximum atomic E-state index is 11.7. The summed E-state index contributed by atoms with van der Waals surface area (Å²) in [5, 5.41) is 19.9. The largest absolute Gasteiger partial charge is 0.480 e. The van der Waals surface area contributed by atoms with Gasteiger partial charge >= 0.3 is 5.97 Å². The number of rotatable bonds is 7. The van der Waals surface area contributed by atoms with E-state index in [1.165, 1.54) is 0 Å². The molecule has 0 spiro atoms. The van der Waals surface area contributed by atoms with Gasteiger partial charge in [0.05, 0.1) is 12.5 Å². The molecule has 1 aromatic rings. The number of carbonyl (C=O) groups excluding carboxylic acids is 1. The molecule has 0 saturated carbocycles. The fourth-order valence-electron chi connectivity index (χ4n) is 1.67. The second-order valence-electron chi connectivity index (χ2n) is 4.17. The molecule has 1 aromatic carbocycles. The van der Waals surface area contributed by atoms with Gasteiger partial charge in [0, 0.05) is 6.42 Å². The van der Waals surface area contributed by atoms with Crippen LogP contribution in [0.5, 0.6) is 0 Å². The molecule has 0 aliphatic carbocycles. The van der Waals surface area contributed by atoms with Gasteiger partial charge in [-0.05, 0) is 18.4 Å². The van der Waals surface area contributed by atoms with Crippen LogP contribution in [0, 0.1) is 11.3 Å². The van der Waals surface area contributed by atoms with Crippen LogP contribution >= 0.6 is 0 Å². The summed E-state index contributed by atoms with van der Waals surface area (Å²) in [7, 11) is 0. The number of carbonyl (C=O) groups is 2. The van der Waals surface area contributed by atoms with Gasteiger partial charge in [0.2, 0.25) is 5.91 Å². The number of amides is 1. The van der Waals surface area contributed by atoms with Crippen LogP contribution in [0.2, 0.25) is 0 Å². The number of benzene rings is 1. The molecule has 0 unspecified atom stereocenters. The average molecular weight is 260 g/mol. The summed E-state index contributed by atoms with van der Waals surface area (Å²) < 4.78 is 0. The molecule has 0 radical (unpaired) electrons. The molecular formula is C14H16N2O3. The standard InChI is InChI=1S/C14H16N2O3/c15-9-5-4-8-12(14(18)19)16-13(17)10-11-6-2-1-3-7-11/h1-3,6-7,12H,4-5,8,10H2,(H,16,17)(H,18,19)/t12-/m1/s1. The van der Waals surface area contributed by atoms with Crippen LogP contribution in [0.4, 0.5) is 0 Å². The second kappa shape index (κ2) is 7.88. The van der Waals surface area contributed by atoms with E-state index in [1.807, 2.05) is 36.4 Å². The zero-order chi connectivity index (χ0) is 14.1. The lowest BCUT2D eigenvalue weighted by Gasteiger charge is -2.13. The number of carboxylic acid groups (broad SMARTS) is 1. The van der Waals surface area contributed by atoms with Crippen molar-refractivity contribution in [3.05, 3.63) is 35.9 Å². The summed E-state index contributed by atoms with van der Waals surface area (Å²) in [5.74, 6) is -1.39. The highest BCUT2D eigenvalue weighted by atomic mass is 16.4. The minimum Gasteiger partial charge on any atom is -0.480 e. The Hall–Kier alpha value is -2.35. The Morgan fingerprint density at radius 3 is 2.58 bits per heavy atom. The Bertz CT molecular complexity index is 465. The fraction of sp³-hybridized carbons (Fsp3) is 0.357. The molecule has 0 saturated heterocycles. The lowest BCUT2D eigenvalue weighted by Crippen LogP contribution is -2.41. The summed E-state index contributed by atoms with van der Waals surface area (Å²) >= 11 is 0. The lowest BCUT2D eigenvalue weighted by molar-refractivity contribution is -0.141. The van der Waals surface area contributed by atoms with Crippen LogP contribution in [0.3, 0.4) is 0 Å². The van der Waals surface area contributed by atoms with Gasteiger partial charge in [-0.15, -0.1) is 0 Å². The number of nitrogens with zero attached hydrogens (tertiary/aromatic N) is 1. The Balaban J connectivity index is 2.47. The average Bonchev–Trinajstić information content (AvgIpc) is 2.38. The van der Waals surface area contributed by atoms with Gasteiger partial charge in [0.1, 0.15) is 6.04 Å². The topological polar surface area (TPSA) is 90.2 Å². The summed E-state index contributed by atoms with van der Waals surface area (Å²) in [6.07, 6.45) is 1.17. The molecule has 5 nitrogen and oxygen atoms in total. The zero-order valence-corrected chi connectivity index (χ0v) is 10.5. The van der Waals surface area contributed by atoms with Crippen molar-refractivity contribution in [1.29, 1.82) is 5.26 Å². The van der Waals surface area contributed by atoms with E-state index in [9.17, 15) is 9.59 Å². The van der Waals surface area contributed by atoms with Crippen molar-refractivity contribution in [2.75, 3.05) is 0 Å². The first kappa shape index (κ1) is 14.7. The van der Waals surface area contributed by atoms with E-state index < -0.39 is 12.0 Å². The van der Waals surface area contributed by atoms with Crippen molar-refractivity contribution in [3.8, 4) is 6.07 Å². The van der Waals surface area contributed by atoms with Gasteiger partial charge in [0.25, 0.3) is 0 Å². The molecule has 1 atom stereocenters. The van der Waals surface area contributed by atoms with E-state index in [0.29, 0.717) is 12.8 Å². The molecule has 19 heavy (non-hydrogen) atoms. The third-order valence-corrected chi connectivity index (χ3v) is 2.62. The Morgan fingerprint density at radius 1 is 1.32 bits per heavy atom. The highest BCUT2D eigenvalue weighted by Crippen LogP contribution is 2.03. The number of nitriles is 1. The third kappa shape index (κ3) is 5.68. The van der Waals surface area contributed by atoms with Gasteiger partial charge in [-0.2, -0.15) is 5.26 Å². The van der Waals surface area contributed by atoms with Gasteiger partial charge < -0.3 is 10.4 Å². The molecule has 1 amide bonds. The lowest BCUT2D eigenvalue weighted by atomic mass is 10.1.